The molecule has 5 nitrogen and oxygen atoms in total. The van der Waals surface area contributed by atoms with Crippen molar-refractivity contribution in [2.24, 2.45) is 0 Å². The number of rotatable bonds is 3. The summed E-state index contributed by atoms with van der Waals surface area (Å²) in [6.07, 6.45) is 0. The molecule has 0 aliphatic rings. The van der Waals surface area contributed by atoms with Gasteiger partial charge in [0.05, 0.1) is 19.8 Å². The van der Waals surface area contributed by atoms with Gasteiger partial charge in [0, 0.05) is 16.7 Å². The third-order valence-electron chi connectivity index (χ3n) is 1.92. The number of carbonyl (C=O) groups excluding carboxylic acids is 1. The van der Waals surface area contributed by atoms with Crippen LogP contribution in [-0.4, -0.2) is 28.6 Å². The summed E-state index contributed by atoms with van der Waals surface area (Å²) in [4.78, 5) is 10.7. The Morgan fingerprint density at radius 2 is 1.94 bits per heavy atom. The highest BCUT2D eigenvalue weighted by atomic mass is 35.7. The largest absolute Gasteiger partial charge is 0.495 e. The molecule has 94 valence electrons. The Hall–Kier alpha value is -1.34. The molecule has 0 amide bonds. The van der Waals surface area contributed by atoms with E-state index in [2.05, 4.69) is 9.47 Å². The van der Waals surface area contributed by atoms with Gasteiger partial charge >= 0.3 is 5.97 Å². The van der Waals surface area contributed by atoms with Crippen LogP contribution in [-0.2, 0) is 13.8 Å². The maximum absolute atomic E-state index is 13.4. The predicted octanol–water partition coefficient (Wildman–Crippen LogP) is 1.55. The van der Waals surface area contributed by atoms with Gasteiger partial charge in [0.1, 0.15) is 16.5 Å². The first-order valence-corrected chi connectivity index (χ1v) is 6.52. The van der Waals surface area contributed by atoms with Crippen LogP contribution in [0.2, 0.25) is 0 Å². The monoisotopic (exact) mass is 282 g/mol. The minimum Gasteiger partial charge on any atom is -0.495 e. The van der Waals surface area contributed by atoms with Crippen molar-refractivity contribution in [2.45, 2.75) is 4.90 Å². The van der Waals surface area contributed by atoms with Crippen LogP contribution >= 0.6 is 10.7 Å². The smallest absolute Gasteiger partial charge is 0.340 e. The third kappa shape index (κ3) is 2.86. The number of ether oxygens (including phenoxy) is 2. The standard InChI is InChI=1S/C9H8ClFO5S/c1-15-7-4-6(11)5(9(12)16-2)3-8(7)17(10,13)14/h3-4H,1-2H3. The number of benzene rings is 1. The van der Waals surface area contributed by atoms with E-state index in [9.17, 15) is 17.6 Å². The van der Waals surface area contributed by atoms with Gasteiger partial charge in [-0.25, -0.2) is 17.6 Å². The van der Waals surface area contributed by atoms with E-state index < -0.39 is 31.3 Å². The second kappa shape index (κ2) is 4.89. The minimum absolute atomic E-state index is 0.287. The minimum atomic E-state index is -4.15. The van der Waals surface area contributed by atoms with Crippen molar-refractivity contribution in [1.82, 2.24) is 0 Å². The second-order valence-corrected chi connectivity index (χ2v) is 5.45. The molecule has 0 saturated carbocycles. The molecule has 17 heavy (non-hydrogen) atoms. The number of hydrogen-bond donors (Lipinski definition) is 0. The lowest BCUT2D eigenvalue weighted by molar-refractivity contribution is 0.0595. The van der Waals surface area contributed by atoms with Crippen LogP contribution in [0, 0.1) is 5.82 Å². The lowest BCUT2D eigenvalue weighted by Gasteiger charge is -2.08. The molecule has 0 aromatic heterocycles. The van der Waals surface area contributed by atoms with Crippen LogP contribution in [0.15, 0.2) is 17.0 Å². The van der Waals surface area contributed by atoms with Gasteiger partial charge in [-0.1, -0.05) is 0 Å². The Balaban J connectivity index is 3.54. The summed E-state index contributed by atoms with van der Waals surface area (Å²) in [5.74, 6) is -2.25. The summed E-state index contributed by atoms with van der Waals surface area (Å²) < 4.78 is 44.8. The van der Waals surface area contributed by atoms with Crippen LogP contribution in [0.4, 0.5) is 4.39 Å². The first kappa shape index (κ1) is 13.7. The Morgan fingerprint density at radius 1 is 1.35 bits per heavy atom. The van der Waals surface area contributed by atoms with E-state index in [1.54, 1.807) is 0 Å². The van der Waals surface area contributed by atoms with Gasteiger partial charge in [0.2, 0.25) is 0 Å². The van der Waals surface area contributed by atoms with Crippen molar-refractivity contribution in [3.63, 3.8) is 0 Å². The Bertz CT molecular complexity index is 555. The predicted molar refractivity (Wildman–Crippen MR) is 57.3 cm³/mol. The molecule has 0 fully saturated rings. The summed E-state index contributed by atoms with van der Waals surface area (Å²) in [6.45, 7) is 0. The molecule has 0 radical (unpaired) electrons. The topological polar surface area (TPSA) is 69.7 Å². The Morgan fingerprint density at radius 3 is 2.35 bits per heavy atom. The number of hydrogen-bond acceptors (Lipinski definition) is 5. The van der Waals surface area contributed by atoms with Crippen molar-refractivity contribution < 1.29 is 27.1 Å². The van der Waals surface area contributed by atoms with Crippen molar-refractivity contribution >= 4 is 25.7 Å². The highest BCUT2D eigenvalue weighted by Crippen LogP contribution is 2.29. The maximum Gasteiger partial charge on any atom is 0.340 e. The van der Waals surface area contributed by atoms with Gasteiger partial charge in [0.15, 0.2) is 0 Å². The summed E-state index contributed by atoms with van der Waals surface area (Å²) in [5.41, 5.74) is -0.535. The number of halogens is 2. The lowest BCUT2D eigenvalue weighted by Crippen LogP contribution is -2.07. The highest BCUT2D eigenvalue weighted by Gasteiger charge is 2.23. The molecule has 0 aliphatic carbocycles. The van der Waals surface area contributed by atoms with E-state index in [1.807, 2.05) is 0 Å². The fourth-order valence-electron chi connectivity index (χ4n) is 1.15. The van der Waals surface area contributed by atoms with Crippen molar-refractivity contribution in [2.75, 3.05) is 14.2 Å². The molecule has 0 unspecified atom stereocenters. The molecule has 1 aromatic carbocycles. The number of carbonyl (C=O) groups is 1. The fourth-order valence-corrected chi connectivity index (χ4v) is 2.15. The maximum atomic E-state index is 13.4. The van der Waals surface area contributed by atoms with Crippen LogP contribution in [0.25, 0.3) is 0 Å². The van der Waals surface area contributed by atoms with Gasteiger partial charge < -0.3 is 9.47 Å². The Kier molecular flexibility index (Phi) is 3.94. The zero-order chi connectivity index (χ0) is 13.2. The van der Waals surface area contributed by atoms with Crippen LogP contribution < -0.4 is 4.74 Å². The van der Waals surface area contributed by atoms with E-state index in [0.29, 0.717) is 0 Å². The van der Waals surface area contributed by atoms with E-state index >= 15 is 0 Å². The molecular formula is C9H8ClFO5S. The summed E-state index contributed by atoms with van der Waals surface area (Å²) >= 11 is 0. The molecule has 0 heterocycles. The zero-order valence-electron chi connectivity index (χ0n) is 8.86. The molecule has 0 atom stereocenters. The van der Waals surface area contributed by atoms with Crippen LogP contribution in [0.5, 0.6) is 5.75 Å². The van der Waals surface area contributed by atoms with Crippen LogP contribution in [0.3, 0.4) is 0 Å². The van der Waals surface area contributed by atoms with E-state index in [0.717, 1.165) is 26.4 Å². The summed E-state index contributed by atoms with van der Waals surface area (Å²) in [5, 5.41) is 0. The fraction of sp³-hybridized carbons (Fsp3) is 0.222. The molecule has 0 bridgehead atoms. The third-order valence-corrected chi connectivity index (χ3v) is 3.26. The van der Waals surface area contributed by atoms with Crippen molar-refractivity contribution in [3.05, 3.63) is 23.5 Å². The van der Waals surface area contributed by atoms with Gasteiger partial charge in [-0.3, -0.25) is 0 Å². The van der Waals surface area contributed by atoms with E-state index in [1.165, 1.54) is 0 Å². The van der Waals surface area contributed by atoms with Crippen LogP contribution in [0.1, 0.15) is 10.4 Å². The normalized spacial score (nSPS) is 11.1. The molecular weight excluding hydrogens is 275 g/mol. The average molecular weight is 283 g/mol. The molecule has 8 heteroatoms. The molecule has 1 aromatic rings. The van der Waals surface area contributed by atoms with Gasteiger partial charge in [-0.2, -0.15) is 0 Å². The van der Waals surface area contributed by atoms with E-state index in [4.69, 9.17) is 10.7 Å². The summed E-state index contributed by atoms with van der Waals surface area (Å²) in [6, 6.07) is 1.52. The first-order valence-electron chi connectivity index (χ1n) is 4.21. The molecule has 0 spiro atoms. The lowest BCUT2D eigenvalue weighted by atomic mass is 10.2. The molecule has 0 saturated heterocycles. The van der Waals surface area contributed by atoms with Gasteiger partial charge in [0.25, 0.3) is 9.05 Å². The highest BCUT2D eigenvalue weighted by molar-refractivity contribution is 8.13. The molecule has 0 aliphatic heterocycles. The first-order chi connectivity index (χ1) is 7.81. The quantitative estimate of drug-likeness (QED) is 0.621. The molecule has 0 N–H and O–H groups in total. The second-order valence-electron chi connectivity index (χ2n) is 2.91. The Labute approximate surface area is 102 Å². The number of esters is 1. The van der Waals surface area contributed by atoms with Gasteiger partial charge in [-0.05, 0) is 6.07 Å². The van der Waals surface area contributed by atoms with Crippen molar-refractivity contribution in [3.8, 4) is 5.75 Å². The zero-order valence-corrected chi connectivity index (χ0v) is 10.4. The molecule has 1 rings (SSSR count). The summed E-state index contributed by atoms with van der Waals surface area (Å²) in [7, 11) is 3.17. The number of methoxy groups -OCH3 is 2. The average Bonchev–Trinajstić information content (AvgIpc) is 2.25. The SMILES string of the molecule is COC(=O)c1cc(S(=O)(=O)Cl)c(OC)cc1F. The van der Waals surface area contributed by atoms with Crippen molar-refractivity contribution in [1.29, 1.82) is 0 Å². The van der Waals surface area contributed by atoms with E-state index in [-0.39, 0.29) is 5.75 Å². The van der Waals surface area contributed by atoms with Gasteiger partial charge in [-0.15, -0.1) is 0 Å².